The van der Waals surface area contributed by atoms with Crippen LogP contribution in [0.3, 0.4) is 0 Å². The number of rotatable bonds is 10. The number of hydrogen-bond donors (Lipinski definition) is 2. The molecule has 4 rings (SSSR count). The Balaban J connectivity index is 1.28. The molecule has 1 aliphatic carbocycles. The van der Waals surface area contributed by atoms with Crippen molar-refractivity contribution < 1.29 is 14.3 Å². The molecule has 0 aliphatic heterocycles. The summed E-state index contributed by atoms with van der Waals surface area (Å²) in [7, 11) is 1.89. The van der Waals surface area contributed by atoms with Crippen LogP contribution in [0, 0.1) is 12.8 Å². The van der Waals surface area contributed by atoms with Crippen LogP contribution in [0.5, 0.6) is 5.75 Å². The van der Waals surface area contributed by atoms with Gasteiger partial charge in [-0.2, -0.15) is 0 Å². The van der Waals surface area contributed by atoms with Gasteiger partial charge in [-0.1, -0.05) is 30.3 Å². The van der Waals surface area contributed by atoms with Gasteiger partial charge in [-0.3, -0.25) is 9.59 Å². The fourth-order valence-corrected chi connectivity index (χ4v) is 6.66. The summed E-state index contributed by atoms with van der Waals surface area (Å²) in [4.78, 5) is 25.9. The summed E-state index contributed by atoms with van der Waals surface area (Å²) in [5.74, 6) is 1.67. The van der Waals surface area contributed by atoms with Gasteiger partial charge in [-0.25, -0.2) is 0 Å². The van der Waals surface area contributed by atoms with Crippen molar-refractivity contribution in [2.45, 2.75) is 51.1 Å². The molecule has 0 saturated carbocycles. The van der Waals surface area contributed by atoms with Crippen LogP contribution in [-0.2, 0) is 31.1 Å². The predicted molar refractivity (Wildman–Crippen MR) is 144 cm³/mol. The van der Waals surface area contributed by atoms with Crippen LogP contribution in [0.4, 0.5) is 5.00 Å². The van der Waals surface area contributed by atoms with E-state index in [2.05, 4.69) is 22.4 Å². The Morgan fingerprint density at radius 1 is 1.36 bits per heavy atom. The molecule has 8 nitrogen and oxygen atoms in total. The van der Waals surface area contributed by atoms with E-state index in [1.807, 2.05) is 36.7 Å². The van der Waals surface area contributed by atoms with Crippen LogP contribution in [0.2, 0.25) is 5.02 Å². The zero-order valence-corrected chi connectivity index (χ0v) is 23.0. The van der Waals surface area contributed by atoms with Crippen LogP contribution in [0.15, 0.2) is 23.4 Å². The summed E-state index contributed by atoms with van der Waals surface area (Å²) in [6.07, 6.45) is 4.23. The molecule has 3 aromatic rings. The van der Waals surface area contributed by atoms with Crippen LogP contribution in [0.25, 0.3) is 0 Å². The maximum Gasteiger partial charge on any atom is 0.251 e. The largest absolute Gasteiger partial charge is 0.493 e. The Morgan fingerprint density at radius 2 is 2.17 bits per heavy atom. The van der Waals surface area contributed by atoms with Crippen LogP contribution in [-0.4, -0.2) is 38.9 Å². The minimum absolute atomic E-state index is 0.155. The van der Waals surface area contributed by atoms with E-state index < -0.39 is 5.91 Å². The van der Waals surface area contributed by atoms with Crippen molar-refractivity contribution in [3.8, 4) is 5.75 Å². The fraction of sp³-hybridized carbons (Fsp3) is 0.440. The number of carbonyl (C=O) groups excluding carboxylic acids is 2. The van der Waals surface area contributed by atoms with Gasteiger partial charge in [0, 0.05) is 23.4 Å². The minimum Gasteiger partial charge on any atom is -0.493 e. The van der Waals surface area contributed by atoms with Gasteiger partial charge in [0.2, 0.25) is 5.91 Å². The second-order valence-electron chi connectivity index (χ2n) is 9.08. The molecular formula is C25H30ClN5O3S2. The summed E-state index contributed by atoms with van der Waals surface area (Å²) in [6.45, 7) is 4.71. The molecular weight excluding hydrogens is 518 g/mol. The maximum atomic E-state index is 12.7. The van der Waals surface area contributed by atoms with Gasteiger partial charge >= 0.3 is 0 Å². The summed E-state index contributed by atoms with van der Waals surface area (Å²) < 4.78 is 7.75. The molecule has 2 amide bonds. The Labute approximate surface area is 224 Å². The Kier molecular flexibility index (Phi) is 8.58. The van der Waals surface area contributed by atoms with E-state index in [4.69, 9.17) is 22.1 Å². The van der Waals surface area contributed by atoms with Crippen molar-refractivity contribution in [2.75, 3.05) is 17.7 Å². The number of aromatic nitrogens is 3. The van der Waals surface area contributed by atoms with Crippen LogP contribution < -0.4 is 15.8 Å². The topological polar surface area (TPSA) is 112 Å². The van der Waals surface area contributed by atoms with Gasteiger partial charge in [0.15, 0.2) is 5.16 Å². The number of thiophene rings is 1. The standard InChI is InChI=1S/C25H30ClN5O3S2/c1-14-6-8-17-19(11-14)36-24(22(17)23(27)33)28-21(32)13-35-25-30-29-20(31(25)3)5-4-10-34-18-9-7-16(26)12-15(18)2/h7,9,12,14H,4-6,8,10-11,13H2,1-3H3,(H2,27,33)(H,28,32). The number of primary amides is 1. The van der Waals surface area contributed by atoms with Crippen molar-refractivity contribution in [3.63, 3.8) is 0 Å². The van der Waals surface area contributed by atoms with Crippen molar-refractivity contribution in [2.24, 2.45) is 18.7 Å². The number of benzene rings is 1. The van der Waals surface area contributed by atoms with Crippen LogP contribution in [0.1, 0.15) is 52.0 Å². The average Bonchev–Trinajstić information content (AvgIpc) is 3.35. The Bertz CT molecular complexity index is 1270. The molecule has 3 N–H and O–H groups in total. The Hall–Kier alpha value is -2.56. The summed E-state index contributed by atoms with van der Waals surface area (Å²) in [6, 6.07) is 5.56. The monoisotopic (exact) mass is 547 g/mol. The number of thioether (sulfide) groups is 1. The predicted octanol–water partition coefficient (Wildman–Crippen LogP) is 4.80. The lowest BCUT2D eigenvalue weighted by molar-refractivity contribution is -0.113. The number of carbonyl (C=O) groups is 2. The van der Waals surface area contributed by atoms with E-state index >= 15 is 0 Å². The number of nitrogens with one attached hydrogen (secondary N) is 1. The first-order valence-electron chi connectivity index (χ1n) is 11.9. The number of nitrogens with zero attached hydrogens (tertiary/aromatic N) is 3. The second-order valence-corrected chi connectivity index (χ2v) is 11.6. The Morgan fingerprint density at radius 3 is 2.92 bits per heavy atom. The van der Waals surface area contributed by atoms with Gasteiger partial charge in [0.1, 0.15) is 16.6 Å². The van der Waals surface area contributed by atoms with E-state index in [9.17, 15) is 9.59 Å². The number of aryl methyl sites for hydroxylation is 2. The van der Waals surface area contributed by atoms with Gasteiger partial charge in [0.25, 0.3) is 5.91 Å². The lowest BCUT2D eigenvalue weighted by Gasteiger charge is -2.18. The molecule has 192 valence electrons. The van der Waals surface area contributed by atoms with E-state index in [1.165, 1.54) is 23.1 Å². The lowest BCUT2D eigenvalue weighted by Crippen LogP contribution is -2.20. The SMILES string of the molecule is Cc1cc(Cl)ccc1OCCCc1nnc(SCC(=O)Nc2sc3c(c2C(N)=O)CCC(C)C3)n1C. The van der Waals surface area contributed by atoms with Gasteiger partial charge < -0.3 is 20.4 Å². The maximum absolute atomic E-state index is 12.7. The third-order valence-corrected chi connectivity index (χ3v) is 8.63. The van der Waals surface area contributed by atoms with Crippen molar-refractivity contribution in [1.29, 1.82) is 0 Å². The van der Waals surface area contributed by atoms with Crippen molar-refractivity contribution in [3.05, 3.63) is 50.6 Å². The summed E-state index contributed by atoms with van der Waals surface area (Å²) in [5.41, 5.74) is 8.12. The highest BCUT2D eigenvalue weighted by molar-refractivity contribution is 7.99. The van der Waals surface area contributed by atoms with E-state index in [-0.39, 0.29) is 11.7 Å². The fourth-order valence-electron chi connectivity index (χ4n) is 4.27. The summed E-state index contributed by atoms with van der Waals surface area (Å²) >= 11 is 8.77. The zero-order valence-electron chi connectivity index (χ0n) is 20.6. The average molecular weight is 548 g/mol. The number of halogens is 1. The molecule has 2 aromatic heterocycles. The lowest BCUT2D eigenvalue weighted by atomic mass is 9.88. The smallest absolute Gasteiger partial charge is 0.251 e. The highest BCUT2D eigenvalue weighted by Crippen LogP contribution is 2.39. The highest BCUT2D eigenvalue weighted by Gasteiger charge is 2.27. The molecule has 0 saturated heterocycles. The number of amides is 2. The first-order chi connectivity index (χ1) is 17.2. The first-order valence-corrected chi connectivity index (χ1v) is 14.0. The van der Waals surface area contributed by atoms with Gasteiger partial charge in [0.05, 0.1) is 17.9 Å². The minimum atomic E-state index is -0.488. The van der Waals surface area contributed by atoms with Crippen molar-refractivity contribution >= 4 is 51.5 Å². The molecule has 0 bridgehead atoms. The molecule has 0 radical (unpaired) electrons. The normalized spacial score (nSPS) is 14.9. The zero-order chi connectivity index (χ0) is 25.8. The van der Waals surface area contributed by atoms with E-state index in [1.54, 1.807) is 0 Å². The molecule has 36 heavy (non-hydrogen) atoms. The van der Waals surface area contributed by atoms with Gasteiger partial charge in [-0.05, 0) is 67.9 Å². The number of ether oxygens (including phenoxy) is 1. The van der Waals surface area contributed by atoms with Gasteiger partial charge in [-0.15, -0.1) is 21.5 Å². The quantitative estimate of drug-likeness (QED) is 0.278. The molecule has 0 fully saturated rings. The molecule has 11 heteroatoms. The molecule has 1 unspecified atom stereocenters. The molecule has 1 aromatic carbocycles. The molecule has 1 atom stereocenters. The number of fused-ring (bicyclic) bond motifs is 1. The highest BCUT2D eigenvalue weighted by atomic mass is 35.5. The molecule has 1 aliphatic rings. The van der Waals surface area contributed by atoms with Crippen LogP contribution >= 0.6 is 34.7 Å². The third kappa shape index (κ3) is 6.22. The summed E-state index contributed by atoms with van der Waals surface area (Å²) in [5, 5.41) is 13.3. The number of anilines is 1. The molecule has 0 spiro atoms. The van der Waals surface area contributed by atoms with Crippen molar-refractivity contribution in [1.82, 2.24) is 14.8 Å². The number of hydrogen-bond acceptors (Lipinski definition) is 7. The third-order valence-electron chi connectivity index (χ3n) is 6.21. The van der Waals surface area contributed by atoms with E-state index in [0.717, 1.165) is 53.3 Å². The second kappa shape index (κ2) is 11.7. The number of nitrogens with two attached hydrogens (primary N) is 1. The molecule has 2 heterocycles. The van der Waals surface area contributed by atoms with E-state index in [0.29, 0.717) is 39.7 Å². The first kappa shape index (κ1) is 26.5.